The van der Waals surface area contributed by atoms with Crippen LogP contribution < -0.4 is 9.00 Å². The molecule has 0 bridgehead atoms. The minimum absolute atomic E-state index is 0.573. The summed E-state index contributed by atoms with van der Waals surface area (Å²) in [5, 5.41) is 0. The van der Waals surface area contributed by atoms with Gasteiger partial charge in [-0.05, 0) is 0 Å². The van der Waals surface area contributed by atoms with E-state index in [0.717, 1.165) is 0 Å². The Kier molecular flexibility index (Phi) is 5.65. The van der Waals surface area contributed by atoms with Gasteiger partial charge in [-0.2, -0.15) is 0 Å². The fraction of sp³-hybridized carbons (Fsp3) is 0.500. The van der Waals surface area contributed by atoms with Crippen LogP contribution >= 0.6 is 0 Å². The van der Waals surface area contributed by atoms with Crippen LogP contribution in [-0.4, -0.2) is 0 Å². The molecule has 0 aliphatic carbocycles. The molecule has 1 rings (SSSR count). The molecule has 0 amide bonds. The first-order valence-electron chi connectivity index (χ1n) is 4.08. The molecule has 0 aromatic carbocycles. The number of rotatable bonds is 1. The summed E-state index contributed by atoms with van der Waals surface area (Å²) in [5.41, 5.74) is 6.67. The standard InChI is InChI=1S/C5H6NO.C2H6.CH3.Hg/c1-4-2-5(6)7-3-4;1-2;;/h2H,6H2,1H3;1-2H3;1H3;. The fourth-order valence-corrected chi connectivity index (χ4v) is 4.67. The summed E-state index contributed by atoms with van der Waals surface area (Å²) in [6.45, 7) is 6.05. The summed E-state index contributed by atoms with van der Waals surface area (Å²) >= 11 is -0.813. The summed E-state index contributed by atoms with van der Waals surface area (Å²) in [7, 11) is 0. The first kappa shape index (κ1) is 11.0. The van der Waals surface area contributed by atoms with Crippen LogP contribution in [0.25, 0.3) is 0 Å². The Balaban J connectivity index is 0.000000461. The van der Waals surface area contributed by atoms with Gasteiger partial charge in [0, 0.05) is 0 Å². The van der Waals surface area contributed by atoms with Crippen LogP contribution in [-0.2, 0) is 24.6 Å². The van der Waals surface area contributed by atoms with Gasteiger partial charge in [-0.1, -0.05) is 13.8 Å². The normalized spacial score (nSPS) is 8.00. The van der Waals surface area contributed by atoms with Gasteiger partial charge in [0.05, 0.1) is 0 Å². The first-order chi connectivity index (χ1) is 5.24. The number of hydrogen-bond acceptors (Lipinski definition) is 2. The SMILES string of the molecule is CC.[CH3][Hg][c]1oc(N)cc1C. The van der Waals surface area contributed by atoms with E-state index in [4.69, 9.17) is 10.2 Å². The topological polar surface area (TPSA) is 39.2 Å². The molecule has 0 fully saturated rings. The van der Waals surface area contributed by atoms with Crippen LogP contribution in [0.2, 0.25) is 4.43 Å². The average Bonchev–Trinajstić information content (AvgIpc) is 2.33. The molecule has 0 aliphatic heterocycles. The molecular formula is C8H15HgNO. The van der Waals surface area contributed by atoms with E-state index in [1.165, 1.54) is 8.83 Å². The fourth-order valence-electron chi connectivity index (χ4n) is 0.897. The van der Waals surface area contributed by atoms with E-state index in [1.54, 1.807) is 0 Å². The summed E-state index contributed by atoms with van der Waals surface area (Å²) < 4.78 is 8.72. The van der Waals surface area contributed by atoms with Crippen molar-refractivity contribution in [3.05, 3.63) is 11.6 Å². The molecule has 0 spiro atoms. The monoisotopic (exact) mass is 343 g/mol. The molecule has 1 heterocycles. The molecule has 2 nitrogen and oxygen atoms in total. The van der Waals surface area contributed by atoms with Gasteiger partial charge in [-0.25, -0.2) is 0 Å². The quantitative estimate of drug-likeness (QED) is 0.793. The zero-order valence-electron chi connectivity index (χ0n) is 7.77. The molecule has 3 heteroatoms. The van der Waals surface area contributed by atoms with Crippen LogP contribution in [0.4, 0.5) is 5.88 Å². The Hall–Kier alpha value is 0.0151. The van der Waals surface area contributed by atoms with Gasteiger partial charge in [0.1, 0.15) is 0 Å². The zero-order valence-corrected chi connectivity index (χ0v) is 13.3. The van der Waals surface area contributed by atoms with Crippen molar-refractivity contribution in [3.8, 4) is 0 Å². The second-order valence-electron chi connectivity index (χ2n) is 2.11. The van der Waals surface area contributed by atoms with Gasteiger partial charge in [0.15, 0.2) is 0 Å². The minimum atomic E-state index is -0.813. The number of furan rings is 1. The Labute approximate surface area is 80.6 Å². The van der Waals surface area contributed by atoms with Crippen molar-refractivity contribution >= 4 is 9.15 Å². The van der Waals surface area contributed by atoms with E-state index in [2.05, 4.69) is 11.4 Å². The van der Waals surface area contributed by atoms with Gasteiger partial charge in [0.25, 0.3) is 0 Å². The number of anilines is 1. The number of aryl methyl sites for hydroxylation is 1. The van der Waals surface area contributed by atoms with Crippen LogP contribution in [0.5, 0.6) is 0 Å². The Morgan fingerprint density at radius 3 is 2.18 bits per heavy atom. The molecule has 0 aliphatic rings. The summed E-state index contributed by atoms with van der Waals surface area (Å²) in [6, 6.07) is 1.90. The van der Waals surface area contributed by atoms with Gasteiger partial charge in [0.2, 0.25) is 0 Å². The summed E-state index contributed by atoms with van der Waals surface area (Å²) in [5.74, 6) is 0.573. The number of nitrogens with two attached hydrogens (primary N) is 1. The molecule has 0 radical (unpaired) electrons. The Bertz CT molecular complexity index is 208. The van der Waals surface area contributed by atoms with E-state index in [9.17, 15) is 0 Å². The van der Waals surface area contributed by atoms with Crippen LogP contribution in [0.3, 0.4) is 0 Å². The molecule has 0 unspecified atom stereocenters. The molecular weight excluding hydrogens is 327 g/mol. The summed E-state index contributed by atoms with van der Waals surface area (Å²) in [6.07, 6.45) is 0. The van der Waals surface area contributed by atoms with Gasteiger partial charge >= 0.3 is 66.9 Å². The Morgan fingerprint density at radius 2 is 2.00 bits per heavy atom. The van der Waals surface area contributed by atoms with Crippen molar-refractivity contribution in [1.29, 1.82) is 0 Å². The van der Waals surface area contributed by atoms with Crippen molar-refractivity contribution in [3.63, 3.8) is 0 Å². The van der Waals surface area contributed by atoms with E-state index >= 15 is 0 Å². The third-order valence-corrected chi connectivity index (χ3v) is 6.59. The van der Waals surface area contributed by atoms with E-state index in [0.29, 0.717) is 5.88 Å². The summed E-state index contributed by atoms with van der Waals surface area (Å²) in [4.78, 5) is 0. The van der Waals surface area contributed by atoms with E-state index < -0.39 is 24.6 Å². The number of nitrogen functional groups attached to an aromatic ring is 1. The molecule has 1 aromatic heterocycles. The third kappa shape index (κ3) is 3.28. The molecule has 60 valence electrons. The molecule has 0 saturated carbocycles. The molecule has 1 aromatic rings. The number of hydrogen-bond donors (Lipinski definition) is 1. The maximum atomic E-state index is 5.42. The predicted octanol–water partition coefficient (Wildman–Crippen LogP) is 1.95. The maximum absolute atomic E-state index is 5.42. The molecule has 0 atom stereocenters. The van der Waals surface area contributed by atoms with Crippen LogP contribution in [0, 0.1) is 6.92 Å². The van der Waals surface area contributed by atoms with Crippen molar-refractivity contribution in [1.82, 2.24) is 0 Å². The van der Waals surface area contributed by atoms with E-state index in [1.807, 2.05) is 19.9 Å². The van der Waals surface area contributed by atoms with Crippen LogP contribution in [0.1, 0.15) is 19.4 Å². The second kappa shape index (κ2) is 5.64. The van der Waals surface area contributed by atoms with E-state index in [-0.39, 0.29) is 0 Å². The van der Waals surface area contributed by atoms with Crippen molar-refractivity contribution < 1.29 is 29.0 Å². The zero-order chi connectivity index (χ0) is 8.85. The second-order valence-corrected chi connectivity index (χ2v) is 7.35. The molecule has 11 heavy (non-hydrogen) atoms. The predicted molar refractivity (Wildman–Crippen MR) is 44.7 cm³/mol. The van der Waals surface area contributed by atoms with Crippen molar-refractivity contribution in [2.24, 2.45) is 0 Å². The van der Waals surface area contributed by atoms with Gasteiger partial charge < -0.3 is 0 Å². The van der Waals surface area contributed by atoms with Crippen LogP contribution in [0.15, 0.2) is 10.5 Å². The third-order valence-electron chi connectivity index (χ3n) is 1.36. The molecule has 2 N–H and O–H groups in total. The van der Waals surface area contributed by atoms with Gasteiger partial charge in [-0.15, -0.1) is 0 Å². The van der Waals surface area contributed by atoms with Crippen molar-refractivity contribution in [2.45, 2.75) is 25.2 Å². The average molecular weight is 342 g/mol. The molecule has 0 saturated heterocycles. The van der Waals surface area contributed by atoms with Crippen molar-refractivity contribution in [2.75, 3.05) is 5.73 Å². The Morgan fingerprint density at radius 1 is 1.45 bits per heavy atom. The first-order valence-corrected chi connectivity index (χ1v) is 12.3. The van der Waals surface area contributed by atoms with Gasteiger partial charge in [-0.3, -0.25) is 0 Å².